The summed E-state index contributed by atoms with van der Waals surface area (Å²) in [7, 11) is 0. The highest BCUT2D eigenvalue weighted by atomic mass is 35.5. The molecule has 0 bridgehead atoms. The third kappa shape index (κ3) is 4.97. The Bertz CT molecular complexity index is 1270. The van der Waals surface area contributed by atoms with Gasteiger partial charge in [0, 0.05) is 56.2 Å². The standard InChI is InChI=1S/C28H29F3N4O2.ClH/c1-17-13-35(14-18(2)28(17,37)19-5-7-20(29)8-6-19)27(36)24-16-34(26-4-3-11-32-33-26)15-23(24)22-10-9-21(30)12-25(22)31;/h3-12,17-18,23-24,37H,13-16H2,1-2H3;1H/t17-,18+,23-,24+,28?;/m1./s1. The molecule has 1 amide bonds. The first-order chi connectivity index (χ1) is 17.7. The number of aromatic nitrogens is 2. The fraction of sp³-hybridized carbons (Fsp3) is 0.393. The Labute approximate surface area is 225 Å². The number of aliphatic hydroxyl groups is 1. The molecule has 2 aliphatic rings. The molecule has 3 aromatic rings. The van der Waals surface area contributed by atoms with Gasteiger partial charge in [0.2, 0.25) is 5.91 Å². The zero-order valence-electron chi connectivity index (χ0n) is 21.1. The van der Waals surface area contributed by atoms with E-state index in [2.05, 4.69) is 10.2 Å². The van der Waals surface area contributed by atoms with Crippen LogP contribution in [0.3, 0.4) is 0 Å². The smallest absolute Gasteiger partial charge is 0.228 e. The molecule has 2 aliphatic heterocycles. The van der Waals surface area contributed by atoms with Crippen LogP contribution in [0.4, 0.5) is 19.0 Å². The van der Waals surface area contributed by atoms with Crippen molar-refractivity contribution in [2.24, 2.45) is 17.8 Å². The number of anilines is 1. The van der Waals surface area contributed by atoms with Gasteiger partial charge in [-0.15, -0.1) is 17.5 Å². The van der Waals surface area contributed by atoms with E-state index in [1.807, 2.05) is 18.7 Å². The number of carbonyl (C=O) groups is 1. The number of hydrogen-bond acceptors (Lipinski definition) is 5. The maximum absolute atomic E-state index is 14.9. The van der Waals surface area contributed by atoms with Gasteiger partial charge in [-0.05, 0) is 41.5 Å². The van der Waals surface area contributed by atoms with E-state index in [1.54, 1.807) is 35.4 Å². The molecule has 38 heavy (non-hydrogen) atoms. The second-order valence-corrected chi connectivity index (χ2v) is 10.2. The number of benzene rings is 2. The van der Waals surface area contributed by atoms with Gasteiger partial charge in [-0.1, -0.05) is 32.0 Å². The number of amides is 1. The molecule has 1 unspecified atom stereocenters. The minimum Gasteiger partial charge on any atom is -0.384 e. The number of hydrogen-bond donors (Lipinski definition) is 1. The van der Waals surface area contributed by atoms with Crippen molar-refractivity contribution in [1.29, 1.82) is 0 Å². The minimum atomic E-state index is -1.23. The maximum Gasteiger partial charge on any atom is 0.228 e. The van der Waals surface area contributed by atoms with Gasteiger partial charge in [-0.25, -0.2) is 13.2 Å². The van der Waals surface area contributed by atoms with E-state index in [1.165, 1.54) is 24.3 Å². The molecule has 2 aromatic carbocycles. The van der Waals surface area contributed by atoms with Gasteiger partial charge in [0.05, 0.1) is 11.5 Å². The van der Waals surface area contributed by atoms with Crippen molar-refractivity contribution >= 4 is 24.1 Å². The number of carbonyl (C=O) groups excluding carboxylic acids is 1. The normalized spacial score (nSPS) is 27.2. The predicted molar refractivity (Wildman–Crippen MR) is 139 cm³/mol. The van der Waals surface area contributed by atoms with Crippen LogP contribution in [0.2, 0.25) is 0 Å². The van der Waals surface area contributed by atoms with E-state index in [-0.39, 0.29) is 54.6 Å². The molecule has 5 atom stereocenters. The Balaban J connectivity index is 0.00000336. The number of halogens is 4. The molecule has 0 saturated carbocycles. The monoisotopic (exact) mass is 546 g/mol. The first-order valence-corrected chi connectivity index (χ1v) is 12.4. The van der Waals surface area contributed by atoms with E-state index in [0.717, 1.165) is 6.07 Å². The van der Waals surface area contributed by atoms with Crippen molar-refractivity contribution < 1.29 is 23.1 Å². The highest BCUT2D eigenvalue weighted by Crippen LogP contribution is 2.43. The van der Waals surface area contributed by atoms with E-state index in [0.29, 0.717) is 24.5 Å². The zero-order valence-corrected chi connectivity index (χ0v) is 21.9. The van der Waals surface area contributed by atoms with Crippen LogP contribution in [0.1, 0.15) is 30.9 Å². The van der Waals surface area contributed by atoms with E-state index in [4.69, 9.17) is 0 Å². The lowest BCUT2D eigenvalue weighted by atomic mass is 9.70. The summed E-state index contributed by atoms with van der Waals surface area (Å²) in [5.41, 5.74) is -0.331. The summed E-state index contributed by atoms with van der Waals surface area (Å²) in [4.78, 5) is 17.6. The third-order valence-electron chi connectivity index (χ3n) is 7.99. The lowest BCUT2D eigenvalue weighted by Crippen LogP contribution is -2.57. The maximum atomic E-state index is 14.9. The second-order valence-electron chi connectivity index (χ2n) is 10.2. The second kappa shape index (κ2) is 10.9. The van der Waals surface area contributed by atoms with Gasteiger partial charge in [-0.2, -0.15) is 5.10 Å². The van der Waals surface area contributed by atoms with Crippen LogP contribution in [0.15, 0.2) is 60.8 Å². The summed E-state index contributed by atoms with van der Waals surface area (Å²) in [6.07, 6.45) is 1.55. The molecule has 1 N–H and O–H groups in total. The van der Waals surface area contributed by atoms with Gasteiger partial charge in [-0.3, -0.25) is 4.79 Å². The molecule has 202 valence electrons. The van der Waals surface area contributed by atoms with Crippen molar-refractivity contribution in [3.8, 4) is 0 Å². The highest BCUT2D eigenvalue weighted by Gasteiger charge is 2.49. The first-order valence-electron chi connectivity index (χ1n) is 12.4. The van der Waals surface area contributed by atoms with Crippen LogP contribution in [-0.2, 0) is 10.4 Å². The summed E-state index contributed by atoms with van der Waals surface area (Å²) < 4.78 is 42.0. The van der Waals surface area contributed by atoms with Crippen molar-refractivity contribution in [1.82, 2.24) is 15.1 Å². The van der Waals surface area contributed by atoms with Crippen molar-refractivity contribution in [3.63, 3.8) is 0 Å². The van der Waals surface area contributed by atoms with E-state index in [9.17, 15) is 23.1 Å². The number of nitrogens with zero attached hydrogens (tertiary/aromatic N) is 4. The number of likely N-dealkylation sites (tertiary alicyclic amines) is 1. The van der Waals surface area contributed by atoms with Crippen LogP contribution >= 0.6 is 12.4 Å². The fourth-order valence-corrected chi connectivity index (χ4v) is 6.02. The molecular weight excluding hydrogens is 517 g/mol. The van der Waals surface area contributed by atoms with Crippen LogP contribution < -0.4 is 4.90 Å². The third-order valence-corrected chi connectivity index (χ3v) is 7.99. The number of rotatable bonds is 4. The molecule has 3 heterocycles. The summed E-state index contributed by atoms with van der Waals surface area (Å²) in [6.45, 7) is 4.96. The van der Waals surface area contributed by atoms with Crippen LogP contribution in [0.25, 0.3) is 0 Å². The predicted octanol–water partition coefficient (Wildman–Crippen LogP) is 4.54. The van der Waals surface area contributed by atoms with Crippen LogP contribution in [-0.4, -0.2) is 52.3 Å². The zero-order chi connectivity index (χ0) is 26.3. The van der Waals surface area contributed by atoms with Crippen LogP contribution in [0, 0.1) is 35.2 Å². The van der Waals surface area contributed by atoms with Gasteiger partial charge in [0.1, 0.15) is 17.5 Å². The number of piperidine rings is 1. The molecule has 0 spiro atoms. The molecule has 0 aliphatic carbocycles. The molecule has 10 heteroatoms. The summed E-state index contributed by atoms with van der Waals surface area (Å²) in [5, 5.41) is 19.7. The summed E-state index contributed by atoms with van der Waals surface area (Å²) in [6, 6.07) is 12.8. The largest absolute Gasteiger partial charge is 0.384 e. The van der Waals surface area contributed by atoms with E-state index >= 15 is 0 Å². The highest BCUT2D eigenvalue weighted by molar-refractivity contribution is 5.85. The fourth-order valence-electron chi connectivity index (χ4n) is 6.02. The van der Waals surface area contributed by atoms with Gasteiger partial charge >= 0.3 is 0 Å². The molecule has 2 saturated heterocycles. The molecule has 2 fully saturated rings. The first kappa shape index (κ1) is 27.9. The average Bonchev–Trinajstić information content (AvgIpc) is 3.32. The minimum absolute atomic E-state index is 0. The average molecular weight is 547 g/mol. The molecular formula is C28H30ClF3N4O2. The topological polar surface area (TPSA) is 69.6 Å². The molecule has 5 rings (SSSR count). The van der Waals surface area contributed by atoms with Gasteiger partial charge < -0.3 is 14.9 Å². The van der Waals surface area contributed by atoms with Crippen molar-refractivity contribution in [3.05, 3.63) is 89.4 Å². The Morgan fingerprint density at radius 2 is 1.61 bits per heavy atom. The Kier molecular flexibility index (Phi) is 7.99. The van der Waals surface area contributed by atoms with E-state index < -0.39 is 29.1 Å². The van der Waals surface area contributed by atoms with Gasteiger partial charge in [0.25, 0.3) is 0 Å². The Morgan fingerprint density at radius 1 is 0.947 bits per heavy atom. The van der Waals surface area contributed by atoms with Crippen LogP contribution in [0.5, 0.6) is 0 Å². The molecule has 6 nitrogen and oxygen atoms in total. The quantitative estimate of drug-likeness (QED) is 0.520. The Hall–Kier alpha value is -3.17. The summed E-state index contributed by atoms with van der Waals surface area (Å²) in [5.74, 6) is -3.09. The Morgan fingerprint density at radius 3 is 2.21 bits per heavy atom. The summed E-state index contributed by atoms with van der Waals surface area (Å²) >= 11 is 0. The van der Waals surface area contributed by atoms with Crippen molar-refractivity contribution in [2.75, 3.05) is 31.1 Å². The lowest BCUT2D eigenvalue weighted by molar-refractivity contribution is -0.152. The lowest BCUT2D eigenvalue weighted by Gasteiger charge is -2.48. The molecule has 1 aromatic heterocycles. The molecule has 0 radical (unpaired) electrons. The van der Waals surface area contributed by atoms with Gasteiger partial charge in [0.15, 0.2) is 5.82 Å². The van der Waals surface area contributed by atoms with Crippen molar-refractivity contribution in [2.45, 2.75) is 25.4 Å². The SMILES string of the molecule is C[C@@H]1CN(C(=O)[C@H]2CN(c3cccnn3)C[C@@H]2c2ccc(F)cc2F)C[C@H](C)C1(O)c1ccc(F)cc1.Cl.